The third-order valence-corrected chi connectivity index (χ3v) is 5.51. The minimum absolute atomic E-state index is 0.0349. The number of aromatic hydroxyl groups is 1. The molecular formula is C21H22F3N3O4. The van der Waals surface area contributed by atoms with Gasteiger partial charge in [0.15, 0.2) is 12.0 Å². The number of nitrogens with zero attached hydrogens (tertiary/aromatic N) is 2. The fourth-order valence-corrected chi connectivity index (χ4v) is 3.71. The maximum atomic E-state index is 13.8. The fraction of sp³-hybridized carbons (Fsp3) is 0.381. The normalized spacial score (nSPS) is 16.8. The first-order valence-corrected chi connectivity index (χ1v) is 9.76. The van der Waals surface area contributed by atoms with Gasteiger partial charge in [0.05, 0.1) is 0 Å². The standard InChI is InChI=1S/C21H22F3N3O4/c1-26-5-3-2-4-13(26)9-27-10-15(19(29)20(30)18(27)11-28)21(31)25-8-14-16(23)6-12(22)7-17(14)24/h6-7,10-11,13,30H,2-5,8-9H2,1H3,(H,25,31). The second-order valence-corrected chi connectivity index (χ2v) is 7.54. The summed E-state index contributed by atoms with van der Waals surface area (Å²) in [5.41, 5.74) is -2.39. The molecule has 0 saturated carbocycles. The van der Waals surface area contributed by atoms with Crippen molar-refractivity contribution in [1.29, 1.82) is 0 Å². The second-order valence-electron chi connectivity index (χ2n) is 7.54. The maximum absolute atomic E-state index is 13.8. The van der Waals surface area contributed by atoms with Crippen LogP contribution in [-0.2, 0) is 13.1 Å². The molecule has 2 N–H and O–H groups in total. The summed E-state index contributed by atoms with van der Waals surface area (Å²) in [5, 5.41) is 12.4. The van der Waals surface area contributed by atoms with Crippen LogP contribution in [0.3, 0.4) is 0 Å². The number of likely N-dealkylation sites (tertiary alicyclic amines) is 1. The summed E-state index contributed by atoms with van der Waals surface area (Å²) in [6, 6.07) is 0.985. The van der Waals surface area contributed by atoms with E-state index in [9.17, 15) is 32.7 Å². The molecule has 0 radical (unpaired) electrons. The van der Waals surface area contributed by atoms with Crippen LogP contribution in [0.2, 0.25) is 0 Å². The van der Waals surface area contributed by atoms with Gasteiger partial charge in [-0.15, -0.1) is 0 Å². The van der Waals surface area contributed by atoms with Crippen molar-refractivity contribution < 1.29 is 27.9 Å². The number of pyridine rings is 1. The SMILES string of the molecule is CN1CCCCC1Cn1cc(C(=O)NCc2c(F)cc(F)cc2F)c(=O)c(O)c1C=O. The zero-order valence-electron chi connectivity index (χ0n) is 16.8. The Labute approximate surface area is 176 Å². The van der Waals surface area contributed by atoms with E-state index in [4.69, 9.17) is 0 Å². The Balaban J connectivity index is 1.88. The number of benzene rings is 1. The molecule has 7 nitrogen and oxygen atoms in total. The van der Waals surface area contributed by atoms with E-state index in [1.807, 2.05) is 7.05 Å². The Bertz CT molecular complexity index is 1050. The molecular weight excluding hydrogens is 415 g/mol. The van der Waals surface area contributed by atoms with E-state index in [0.29, 0.717) is 18.4 Å². The van der Waals surface area contributed by atoms with Crippen LogP contribution in [0.1, 0.15) is 45.7 Å². The molecule has 1 saturated heterocycles. The molecule has 31 heavy (non-hydrogen) atoms. The van der Waals surface area contributed by atoms with Gasteiger partial charge in [-0.1, -0.05) is 6.42 Å². The lowest BCUT2D eigenvalue weighted by atomic mass is 10.0. The van der Waals surface area contributed by atoms with E-state index in [2.05, 4.69) is 10.2 Å². The lowest BCUT2D eigenvalue weighted by Gasteiger charge is -2.33. The van der Waals surface area contributed by atoms with Crippen molar-refractivity contribution in [2.24, 2.45) is 0 Å². The average Bonchev–Trinajstić information content (AvgIpc) is 2.71. The van der Waals surface area contributed by atoms with Crippen LogP contribution in [0.5, 0.6) is 5.75 Å². The van der Waals surface area contributed by atoms with Crippen LogP contribution >= 0.6 is 0 Å². The largest absolute Gasteiger partial charge is 0.503 e. The molecule has 0 aliphatic carbocycles. The molecule has 1 fully saturated rings. The molecule has 1 amide bonds. The third-order valence-electron chi connectivity index (χ3n) is 5.51. The molecule has 1 aromatic heterocycles. The van der Waals surface area contributed by atoms with E-state index in [1.54, 1.807) is 0 Å². The minimum Gasteiger partial charge on any atom is -0.503 e. The van der Waals surface area contributed by atoms with Crippen LogP contribution in [-0.4, -0.2) is 46.4 Å². The molecule has 1 aromatic carbocycles. The Morgan fingerprint density at radius 2 is 1.94 bits per heavy atom. The number of carbonyl (C=O) groups excluding carboxylic acids is 2. The van der Waals surface area contributed by atoms with Crippen molar-refractivity contribution in [2.45, 2.75) is 38.4 Å². The highest BCUT2D eigenvalue weighted by molar-refractivity contribution is 5.95. The van der Waals surface area contributed by atoms with Crippen molar-refractivity contribution >= 4 is 12.2 Å². The number of aromatic nitrogens is 1. The van der Waals surface area contributed by atoms with Crippen molar-refractivity contribution in [2.75, 3.05) is 13.6 Å². The second kappa shape index (κ2) is 9.34. The Morgan fingerprint density at radius 1 is 1.26 bits per heavy atom. The highest BCUT2D eigenvalue weighted by Crippen LogP contribution is 2.20. The van der Waals surface area contributed by atoms with Gasteiger partial charge in [-0.05, 0) is 26.4 Å². The number of carbonyl (C=O) groups is 2. The highest BCUT2D eigenvalue weighted by atomic mass is 19.1. The van der Waals surface area contributed by atoms with Gasteiger partial charge in [0, 0.05) is 43.0 Å². The van der Waals surface area contributed by atoms with E-state index in [-0.39, 0.29) is 18.3 Å². The van der Waals surface area contributed by atoms with Crippen LogP contribution in [0.4, 0.5) is 13.2 Å². The molecule has 1 aliphatic heterocycles. The summed E-state index contributed by atoms with van der Waals surface area (Å²) in [7, 11) is 1.92. The van der Waals surface area contributed by atoms with Gasteiger partial charge in [0.1, 0.15) is 28.7 Å². The molecule has 0 spiro atoms. The van der Waals surface area contributed by atoms with Gasteiger partial charge in [0.2, 0.25) is 5.43 Å². The lowest BCUT2D eigenvalue weighted by Crippen LogP contribution is -2.40. The number of hydrogen-bond donors (Lipinski definition) is 2. The average molecular weight is 437 g/mol. The van der Waals surface area contributed by atoms with E-state index in [0.717, 1.165) is 32.0 Å². The molecule has 2 heterocycles. The van der Waals surface area contributed by atoms with Crippen LogP contribution < -0.4 is 10.7 Å². The topological polar surface area (TPSA) is 91.6 Å². The van der Waals surface area contributed by atoms with Gasteiger partial charge in [-0.2, -0.15) is 0 Å². The van der Waals surface area contributed by atoms with Gasteiger partial charge < -0.3 is 19.9 Å². The summed E-state index contributed by atoms with van der Waals surface area (Å²) in [6.45, 7) is 0.479. The van der Waals surface area contributed by atoms with Gasteiger partial charge in [-0.3, -0.25) is 14.4 Å². The van der Waals surface area contributed by atoms with Crippen molar-refractivity contribution in [3.8, 4) is 5.75 Å². The van der Waals surface area contributed by atoms with Crippen LogP contribution in [0.15, 0.2) is 23.1 Å². The van der Waals surface area contributed by atoms with Gasteiger partial charge >= 0.3 is 0 Å². The number of hydrogen-bond acceptors (Lipinski definition) is 5. The van der Waals surface area contributed by atoms with Crippen LogP contribution in [0, 0.1) is 17.5 Å². The van der Waals surface area contributed by atoms with Gasteiger partial charge in [0.25, 0.3) is 5.91 Å². The molecule has 3 rings (SSSR count). The van der Waals surface area contributed by atoms with Crippen molar-refractivity contribution in [3.63, 3.8) is 0 Å². The maximum Gasteiger partial charge on any atom is 0.257 e. The molecule has 2 aromatic rings. The molecule has 1 atom stereocenters. The summed E-state index contributed by atoms with van der Waals surface area (Å²) < 4.78 is 41.9. The smallest absolute Gasteiger partial charge is 0.257 e. The number of nitrogens with one attached hydrogen (secondary N) is 1. The summed E-state index contributed by atoms with van der Waals surface area (Å²) in [4.78, 5) is 38.5. The third kappa shape index (κ3) is 4.79. The molecule has 166 valence electrons. The fourth-order valence-electron chi connectivity index (χ4n) is 3.71. The predicted octanol–water partition coefficient (Wildman–Crippen LogP) is 2.20. The Hall–Kier alpha value is -3.14. The number of halogens is 3. The quantitative estimate of drug-likeness (QED) is 0.677. The number of amides is 1. The highest BCUT2D eigenvalue weighted by Gasteiger charge is 2.24. The Kier molecular flexibility index (Phi) is 6.79. The van der Waals surface area contributed by atoms with Gasteiger partial charge in [-0.25, -0.2) is 13.2 Å². The summed E-state index contributed by atoms with van der Waals surface area (Å²) >= 11 is 0. The first-order chi connectivity index (χ1) is 14.7. The van der Waals surface area contributed by atoms with Crippen molar-refractivity contribution in [3.05, 3.63) is 62.8 Å². The zero-order chi connectivity index (χ0) is 22.7. The van der Waals surface area contributed by atoms with Crippen LogP contribution in [0.25, 0.3) is 0 Å². The summed E-state index contributed by atoms with van der Waals surface area (Å²) in [6.07, 6.45) is 4.35. The first kappa shape index (κ1) is 22.5. The number of likely N-dealkylation sites (N-methyl/N-ethyl adjacent to an activating group) is 1. The Morgan fingerprint density at radius 3 is 2.55 bits per heavy atom. The zero-order valence-corrected chi connectivity index (χ0v) is 16.8. The first-order valence-electron chi connectivity index (χ1n) is 9.76. The van der Waals surface area contributed by atoms with E-state index < -0.39 is 52.2 Å². The van der Waals surface area contributed by atoms with E-state index >= 15 is 0 Å². The number of rotatable bonds is 6. The molecule has 1 aliphatic rings. The predicted molar refractivity (Wildman–Crippen MR) is 106 cm³/mol. The molecule has 10 heteroatoms. The summed E-state index contributed by atoms with van der Waals surface area (Å²) in [5.74, 6) is -5.34. The number of aldehydes is 1. The lowest BCUT2D eigenvalue weighted by molar-refractivity contribution is 0.0945. The monoisotopic (exact) mass is 437 g/mol. The van der Waals surface area contributed by atoms with Crippen molar-refractivity contribution in [1.82, 2.24) is 14.8 Å². The minimum atomic E-state index is -1.19. The molecule has 1 unspecified atom stereocenters. The van der Waals surface area contributed by atoms with E-state index in [1.165, 1.54) is 4.57 Å². The number of piperidine rings is 1. The molecule has 0 bridgehead atoms.